The zero-order valence-corrected chi connectivity index (χ0v) is 24.6. The van der Waals surface area contributed by atoms with Gasteiger partial charge >= 0.3 is 6.09 Å². The molecule has 220 valence electrons. The predicted octanol–water partition coefficient (Wildman–Crippen LogP) is 4.13. The molecule has 5 rings (SSSR count). The summed E-state index contributed by atoms with van der Waals surface area (Å²) in [4.78, 5) is 14.5. The van der Waals surface area contributed by atoms with Crippen LogP contribution in [-0.2, 0) is 4.74 Å². The molecule has 2 aliphatic carbocycles. The normalized spacial score (nSPS) is 26.2. The molecule has 4 aliphatic rings. The third kappa shape index (κ3) is 8.87. The zero-order chi connectivity index (χ0) is 28.8. The van der Waals surface area contributed by atoms with Gasteiger partial charge in [0.15, 0.2) is 0 Å². The van der Waals surface area contributed by atoms with Crippen LogP contribution >= 0.6 is 0 Å². The van der Waals surface area contributed by atoms with Crippen LogP contribution in [0, 0.1) is 11.8 Å². The quantitative estimate of drug-likeness (QED) is 0.510. The number of amides is 1. The number of hydrogen-bond donors (Lipinski definition) is 3. The first-order valence-corrected chi connectivity index (χ1v) is 14.5. The number of hydrazine groups is 1. The van der Waals surface area contributed by atoms with Crippen molar-refractivity contribution in [2.75, 3.05) is 40.4 Å². The van der Waals surface area contributed by atoms with Crippen LogP contribution in [0.4, 0.5) is 4.79 Å². The first-order chi connectivity index (χ1) is 19.0. The van der Waals surface area contributed by atoms with Crippen LogP contribution in [-0.4, -0.2) is 92.9 Å². The first-order valence-electron chi connectivity index (χ1n) is 14.5. The molecule has 11 nitrogen and oxygen atoms in total. The molecule has 0 spiro atoms. The predicted molar refractivity (Wildman–Crippen MR) is 153 cm³/mol. The molecule has 4 atom stereocenters. The summed E-state index contributed by atoms with van der Waals surface area (Å²) in [5.74, 6) is 2.73. The second-order valence-electron chi connectivity index (χ2n) is 9.69. The van der Waals surface area contributed by atoms with E-state index in [1.165, 1.54) is 30.7 Å². The van der Waals surface area contributed by atoms with Crippen molar-refractivity contribution in [2.24, 2.45) is 11.8 Å². The number of aromatic nitrogens is 4. The number of methoxy groups -OCH3 is 1. The van der Waals surface area contributed by atoms with Gasteiger partial charge in [0.25, 0.3) is 0 Å². The molecule has 1 saturated carbocycles. The molecular weight excluding hydrogens is 498 g/mol. The lowest BCUT2D eigenvalue weighted by molar-refractivity contribution is 0.0465. The zero-order valence-electron chi connectivity index (χ0n) is 24.6. The summed E-state index contributed by atoms with van der Waals surface area (Å²) < 4.78 is 5.44. The Kier molecular flexibility index (Phi) is 14.2. The van der Waals surface area contributed by atoms with Crippen molar-refractivity contribution >= 4 is 11.7 Å². The van der Waals surface area contributed by atoms with E-state index in [0.717, 1.165) is 30.8 Å². The number of nitrogens with one attached hydrogen (secondary N) is 1. The van der Waals surface area contributed by atoms with E-state index in [9.17, 15) is 9.90 Å². The summed E-state index contributed by atoms with van der Waals surface area (Å²) in [6, 6.07) is 0.304. The van der Waals surface area contributed by atoms with E-state index in [1.807, 2.05) is 59.0 Å². The minimum absolute atomic E-state index is 0.142. The Morgan fingerprint density at radius 2 is 1.85 bits per heavy atom. The summed E-state index contributed by atoms with van der Waals surface area (Å²) >= 11 is 0. The maximum atomic E-state index is 10.7. The van der Waals surface area contributed by atoms with Crippen LogP contribution in [0.1, 0.15) is 78.1 Å². The Balaban J connectivity index is 0.000000267. The number of carbonyl (C=O) groups is 1. The number of rotatable bonds is 4. The highest BCUT2D eigenvalue weighted by Gasteiger charge is 2.33. The highest BCUT2D eigenvalue weighted by atomic mass is 16.5. The SMILES string of the molecule is CC.CC.COC1=C(c2nnn([C@H]3C[C@@H](CO)N(C)C3)n2)C=CC=CC1.O=C(O)N1C[C@H]2CCCC[C@H]2CN1. The van der Waals surface area contributed by atoms with Crippen LogP contribution < -0.4 is 5.43 Å². The number of nitrogens with zero attached hydrogens (tertiary/aromatic N) is 6. The van der Waals surface area contributed by atoms with E-state index < -0.39 is 6.09 Å². The van der Waals surface area contributed by atoms with Gasteiger partial charge in [-0.3, -0.25) is 4.90 Å². The third-order valence-corrected chi connectivity index (χ3v) is 7.49. The van der Waals surface area contributed by atoms with Gasteiger partial charge in [-0.25, -0.2) is 15.2 Å². The lowest BCUT2D eigenvalue weighted by atomic mass is 9.78. The van der Waals surface area contributed by atoms with Gasteiger partial charge in [-0.2, -0.15) is 4.80 Å². The number of hydrogen-bond acceptors (Lipinski definition) is 8. The average Bonchev–Trinajstić information content (AvgIpc) is 3.54. The molecule has 1 aromatic heterocycles. The number of aliphatic hydroxyl groups is 1. The average molecular weight is 548 g/mol. The van der Waals surface area contributed by atoms with E-state index in [1.54, 1.807) is 11.9 Å². The largest absolute Gasteiger partial charge is 0.500 e. The lowest BCUT2D eigenvalue weighted by Crippen LogP contribution is -2.54. The molecule has 1 amide bonds. The van der Waals surface area contributed by atoms with Gasteiger partial charge in [0.1, 0.15) is 5.76 Å². The molecule has 2 aliphatic heterocycles. The Morgan fingerprint density at radius 3 is 2.49 bits per heavy atom. The summed E-state index contributed by atoms with van der Waals surface area (Å²) in [7, 11) is 3.66. The Labute approximate surface area is 233 Å². The van der Waals surface area contributed by atoms with E-state index in [2.05, 4.69) is 25.7 Å². The van der Waals surface area contributed by atoms with Gasteiger partial charge in [0.2, 0.25) is 5.82 Å². The first kappa shape index (κ1) is 32.5. The minimum atomic E-state index is -0.843. The van der Waals surface area contributed by atoms with E-state index in [0.29, 0.717) is 30.6 Å². The molecule has 0 aromatic carbocycles. The fourth-order valence-corrected chi connectivity index (χ4v) is 5.39. The number of aliphatic hydroxyl groups excluding tert-OH is 1. The number of allylic oxidation sites excluding steroid dienone is 5. The van der Waals surface area contributed by atoms with E-state index in [4.69, 9.17) is 9.84 Å². The summed E-state index contributed by atoms with van der Waals surface area (Å²) in [6.45, 7) is 10.5. The topological polar surface area (TPSA) is 129 Å². The molecule has 39 heavy (non-hydrogen) atoms. The minimum Gasteiger partial charge on any atom is -0.500 e. The van der Waals surface area contributed by atoms with E-state index >= 15 is 0 Å². The number of likely N-dealkylation sites (N-methyl/N-ethyl adjacent to an activating group) is 1. The molecule has 0 unspecified atom stereocenters. The number of fused-ring (bicyclic) bond motifs is 1. The van der Waals surface area contributed by atoms with Crippen LogP contribution in [0.25, 0.3) is 5.57 Å². The maximum Gasteiger partial charge on any atom is 0.421 e. The molecule has 3 fully saturated rings. The number of tetrazole rings is 1. The lowest BCUT2D eigenvalue weighted by Gasteiger charge is -2.40. The standard InChI is InChI=1S/C15H21N5O2.C9H16N2O2.2C2H6/c1-19-9-11(8-12(19)10-21)20-17-15(16-18-20)13-6-4-3-5-7-14(13)22-2;12-9(13)11-6-8-4-2-1-3-7(8)5-10-11;2*1-2/h3-6,11-12,21H,7-10H2,1-2H3;7-8,10H,1-6H2,(H,12,13);2*1-2H3/t11-,12-;7-,8+;;/m00../s1. The van der Waals surface area contributed by atoms with Crippen molar-refractivity contribution in [3.05, 3.63) is 35.9 Å². The van der Waals surface area contributed by atoms with Crippen molar-refractivity contribution in [3.8, 4) is 0 Å². The monoisotopic (exact) mass is 547 g/mol. The Morgan fingerprint density at radius 1 is 1.13 bits per heavy atom. The van der Waals surface area contributed by atoms with Crippen molar-refractivity contribution in [1.29, 1.82) is 0 Å². The fraction of sp³-hybridized carbons (Fsp3) is 0.714. The molecular formula is C28H49N7O4. The molecule has 2 saturated heterocycles. The summed E-state index contributed by atoms with van der Waals surface area (Å²) in [5.41, 5.74) is 3.82. The summed E-state index contributed by atoms with van der Waals surface area (Å²) in [5, 5.41) is 32.4. The highest BCUT2D eigenvalue weighted by Crippen LogP contribution is 2.32. The Hall–Kier alpha value is -2.76. The van der Waals surface area contributed by atoms with E-state index in [-0.39, 0.29) is 18.7 Å². The number of ether oxygens (including phenoxy) is 1. The summed E-state index contributed by atoms with van der Waals surface area (Å²) in [6.07, 6.45) is 13.7. The molecule has 1 aromatic rings. The van der Waals surface area contributed by atoms with Crippen LogP contribution in [0.5, 0.6) is 0 Å². The van der Waals surface area contributed by atoms with Crippen LogP contribution in [0.3, 0.4) is 0 Å². The van der Waals surface area contributed by atoms with Crippen molar-refractivity contribution in [3.63, 3.8) is 0 Å². The molecule has 3 N–H and O–H groups in total. The second-order valence-corrected chi connectivity index (χ2v) is 9.69. The van der Waals surface area contributed by atoms with Gasteiger partial charge in [0.05, 0.1) is 25.3 Å². The van der Waals surface area contributed by atoms with Crippen molar-refractivity contribution in [1.82, 2.24) is 35.5 Å². The fourth-order valence-electron chi connectivity index (χ4n) is 5.39. The van der Waals surface area contributed by atoms with Gasteiger partial charge < -0.3 is 14.9 Å². The van der Waals surface area contributed by atoms with Gasteiger partial charge in [0, 0.05) is 32.1 Å². The number of likely N-dealkylation sites (tertiary alicyclic amines) is 1. The van der Waals surface area contributed by atoms with Crippen molar-refractivity contribution in [2.45, 2.75) is 78.3 Å². The second kappa shape index (κ2) is 17.0. The molecule has 0 bridgehead atoms. The molecule has 11 heteroatoms. The van der Waals surface area contributed by atoms with Gasteiger partial charge in [-0.15, -0.1) is 10.2 Å². The van der Waals surface area contributed by atoms with Crippen LogP contribution in [0.15, 0.2) is 30.1 Å². The smallest absolute Gasteiger partial charge is 0.421 e. The maximum absolute atomic E-state index is 10.7. The van der Waals surface area contributed by atoms with Gasteiger partial charge in [-0.1, -0.05) is 58.8 Å². The highest BCUT2D eigenvalue weighted by molar-refractivity contribution is 5.72. The Bertz CT molecular complexity index is 961. The molecule has 3 heterocycles. The third-order valence-electron chi connectivity index (χ3n) is 7.49. The van der Waals surface area contributed by atoms with Gasteiger partial charge in [-0.05, 0) is 49.4 Å². The number of carboxylic acid groups (broad SMARTS) is 1. The van der Waals surface area contributed by atoms with Crippen LogP contribution in [0.2, 0.25) is 0 Å². The molecule has 0 radical (unpaired) electrons. The van der Waals surface area contributed by atoms with Crippen molar-refractivity contribution < 1.29 is 19.7 Å².